The molecule has 2 heterocycles. The molecule has 3 N–H and O–H groups in total. The zero-order valence-electron chi connectivity index (χ0n) is 10.9. The van der Waals surface area contributed by atoms with Gasteiger partial charge in [0.15, 0.2) is 0 Å². The van der Waals surface area contributed by atoms with Gasteiger partial charge in [0.05, 0.1) is 6.54 Å². The van der Waals surface area contributed by atoms with Crippen molar-refractivity contribution < 1.29 is 4.39 Å². The van der Waals surface area contributed by atoms with Gasteiger partial charge in [-0.15, -0.1) is 10.2 Å². The molecule has 7 heteroatoms. The Morgan fingerprint density at radius 2 is 2.20 bits per heavy atom. The Balaban J connectivity index is 1.77. The fourth-order valence-electron chi connectivity index (χ4n) is 2.41. The SMILES string of the molecule is N=C(N)c1cc(F)cc(CN2CCn3cnnc3C2)c1. The average molecular weight is 274 g/mol. The van der Waals surface area contributed by atoms with Gasteiger partial charge in [-0.1, -0.05) is 0 Å². The molecule has 104 valence electrons. The Labute approximate surface area is 115 Å². The Hall–Kier alpha value is -2.28. The van der Waals surface area contributed by atoms with E-state index in [4.69, 9.17) is 11.1 Å². The van der Waals surface area contributed by atoms with Crippen molar-refractivity contribution in [1.82, 2.24) is 19.7 Å². The highest BCUT2D eigenvalue weighted by atomic mass is 19.1. The maximum Gasteiger partial charge on any atom is 0.147 e. The lowest BCUT2D eigenvalue weighted by molar-refractivity contribution is 0.208. The van der Waals surface area contributed by atoms with Crippen LogP contribution in [0.2, 0.25) is 0 Å². The molecular formula is C13H15FN6. The summed E-state index contributed by atoms with van der Waals surface area (Å²) in [5.74, 6) is 0.427. The number of rotatable bonds is 3. The highest BCUT2D eigenvalue weighted by Crippen LogP contribution is 2.15. The first-order valence-corrected chi connectivity index (χ1v) is 6.35. The standard InChI is InChI=1S/C13H15FN6/c14-11-4-9(3-10(5-11)13(15)16)6-19-1-2-20-8-17-18-12(20)7-19/h3-5,8H,1-2,6-7H2,(H3,15,16). The van der Waals surface area contributed by atoms with Gasteiger partial charge in [-0.3, -0.25) is 10.3 Å². The van der Waals surface area contributed by atoms with Gasteiger partial charge in [-0.05, 0) is 23.8 Å². The minimum Gasteiger partial charge on any atom is -0.384 e. The van der Waals surface area contributed by atoms with Crippen molar-refractivity contribution in [2.45, 2.75) is 19.6 Å². The maximum atomic E-state index is 13.5. The van der Waals surface area contributed by atoms with Crippen molar-refractivity contribution in [3.8, 4) is 0 Å². The second-order valence-electron chi connectivity index (χ2n) is 4.91. The van der Waals surface area contributed by atoms with Crippen LogP contribution in [0.5, 0.6) is 0 Å². The van der Waals surface area contributed by atoms with Gasteiger partial charge in [-0.2, -0.15) is 0 Å². The molecule has 0 unspecified atom stereocenters. The lowest BCUT2D eigenvalue weighted by Gasteiger charge is -2.27. The third-order valence-corrected chi connectivity index (χ3v) is 3.39. The molecule has 1 aliphatic rings. The van der Waals surface area contributed by atoms with E-state index in [1.165, 1.54) is 12.1 Å². The second kappa shape index (κ2) is 5.01. The van der Waals surface area contributed by atoms with Crippen molar-refractivity contribution in [1.29, 1.82) is 5.41 Å². The first-order valence-electron chi connectivity index (χ1n) is 6.35. The lowest BCUT2D eigenvalue weighted by Crippen LogP contribution is -2.33. The quantitative estimate of drug-likeness (QED) is 0.638. The monoisotopic (exact) mass is 274 g/mol. The van der Waals surface area contributed by atoms with E-state index in [0.29, 0.717) is 18.7 Å². The van der Waals surface area contributed by atoms with Crippen LogP contribution < -0.4 is 5.73 Å². The van der Waals surface area contributed by atoms with E-state index >= 15 is 0 Å². The van der Waals surface area contributed by atoms with Gasteiger partial charge in [0.2, 0.25) is 0 Å². The molecule has 0 bridgehead atoms. The molecule has 0 saturated heterocycles. The first kappa shape index (κ1) is 12.7. The summed E-state index contributed by atoms with van der Waals surface area (Å²) in [5.41, 5.74) is 6.64. The molecule has 6 nitrogen and oxygen atoms in total. The largest absolute Gasteiger partial charge is 0.384 e. The van der Waals surface area contributed by atoms with Crippen molar-refractivity contribution >= 4 is 5.84 Å². The van der Waals surface area contributed by atoms with Crippen LogP contribution in [0, 0.1) is 11.2 Å². The number of nitrogens with zero attached hydrogens (tertiary/aromatic N) is 4. The third-order valence-electron chi connectivity index (χ3n) is 3.39. The van der Waals surface area contributed by atoms with E-state index < -0.39 is 0 Å². The summed E-state index contributed by atoms with van der Waals surface area (Å²) >= 11 is 0. The maximum absolute atomic E-state index is 13.5. The summed E-state index contributed by atoms with van der Waals surface area (Å²) in [7, 11) is 0. The molecule has 1 aromatic carbocycles. The number of nitrogens with two attached hydrogens (primary N) is 1. The molecule has 2 aromatic rings. The minimum absolute atomic E-state index is 0.121. The van der Waals surface area contributed by atoms with E-state index in [1.807, 2.05) is 4.57 Å². The minimum atomic E-state index is -0.368. The Bertz CT molecular complexity index is 650. The fraction of sp³-hybridized carbons (Fsp3) is 0.308. The van der Waals surface area contributed by atoms with Crippen LogP contribution in [0.25, 0.3) is 0 Å². The number of aromatic nitrogens is 3. The van der Waals surface area contributed by atoms with Crippen molar-refractivity contribution in [2.24, 2.45) is 5.73 Å². The van der Waals surface area contributed by atoms with Crippen LogP contribution in [0.15, 0.2) is 24.5 Å². The van der Waals surface area contributed by atoms with E-state index in [1.54, 1.807) is 12.4 Å². The zero-order chi connectivity index (χ0) is 14.1. The Morgan fingerprint density at radius 3 is 3.00 bits per heavy atom. The molecular weight excluding hydrogens is 259 g/mol. The Kier molecular flexibility index (Phi) is 3.19. The summed E-state index contributed by atoms with van der Waals surface area (Å²) in [4.78, 5) is 2.17. The molecule has 0 spiro atoms. The van der Waals surface area contributed by atoms with Gasteiger partial charge in [0, 0.05) is 25.2 Å². The number of hydrogen-bond acceptors (Lipinski definition) is 4. The average Bonchev–Trinajstić information content (AvgIpc) is 2.85. The summed E-state index contributed by atoms with van der Waals surface area (Å²) in [6.07, 6.45) is 1.72. The fourth-order valence-corrected chi connectivity index (χ4v) is 2.41. The first-order chi connectivity index (χ1) is 9.61. The number of benzene rings is 1. The number of amidine groups is 1. The number of nitrogens with one attached hydrogen (secondary N) is 1. The van der Waals surface area contributed by atoms with Gasteiger partial charge >= 0.3 is 0 Å². The Morgan fingerprint density at radius 1 is 1.35 bits per heavy atom. The lowest BCUT2D eigenvalue weighted by atomic mass is 10.1. The molecule has 1 aliphatic heterocycles. The number of fused-ring (bicyclic) bond motifs is 1. The smallest absolute Gasteiger partial charge is 0.147 e. The van der Waals surface area contributed by atoms with Crippen LogP contribution in [-0.4, -0.2) is 32.0 Å². The highest BCUT2D eigenvalue weighted by molar-refractivity contribution is 5.95. The van der Waals surface area contributed by atoms with Crippen LogP contribution in [-0.2, 0) is 19.6 Å². The van der Waals surface area contributed by atoms with E-state index in [-0.39, 0.29) is 11.7 Å². The van der Waals surface area contributed by atoms with Gasteiger partial charge < -0.3 is 10.3 Å². The van der Waals surface area contributed by atoms with Crippen molar-refractivity contribution in [2.75, 3.05) is 6.54 Å². The van der Waals surface area contributed by atoms with Crippen LogP contribution in [0.4, 0.5) is 4.39 Å². The van der Waals surface area contributed by atoms with Gasteiger partial charge in [0.1, 0.15) is 23.8 Å². The van der Waals surface area contributed by atoms with Crippen LogP contribution in [0.3, 0.4) is 0 Å². The van der Waals surface area contributed by atoms with Crippen molar-refractivity contribution in [3.05, 3.63) is 47.3 Å². The normalized spacial score (nSPS) is 15.1. The van der Waals surface area contributed by atoms with E-state index in [9.17, 15) is 4.39 Å². The second-order valence-corrected chi connectivity index (χ2v) is 4.91. The number of hydrogen-bond donors (Lipinski definition) is 2. The summed E-state index contributed by atoms with van der Waals surface area (Å²) in [5, 5.41) is 15.3. The summed E-state index contributed by atoms with van der Waals surface area (Å²) < 4.78 is 15.6. The van der Waals surface area contributed by atoms with E-state index in [2.05, 4.69) is 15.1 Å². The van der Waals surface area contributed by atoms with Gasteiger partial charge in [0.25, 0.3) is 0 Å². The molecule has 0 radical (unpaired) electrons. The third kappa shape index (κ3) is 2.53. The van der Waals surface area contributed by atoms with Crippen molar-refractivity contribution in [3.63, 3.8) is 0 Å². The van der Waals surface area contributed by atoms with Crippen LogP contribution >= 0.6 is 0 Å². The predicted molar refractivity (Wildman–Crippen MR) is 71.6 cm³/mol. The summed E-state index contributed by atoms with van der Waals surface area (Å²) in [6.45, 7) is 2.98. The number of nitrogen functional groups attached to an aromatic ring is 1. The molecule has 0 aliphatic carbocycles. The van der Waals surface area contributed by atoms with Crippen LogP contribution in [0.1, 0.15) is 17.0 Å². The molecule has 0 saturated carbocycles. The molecule has 3 rings (SSSR count). The molecule has 0 amide bonds. The van der Waals surface area contributed by atoms with E-state index in [0.717, 1.165) is 24.5 Å². The predicted octanol–water partition coefficient (Wildman–Crippen LogP) is 0.717. The molecule has 0 atom stereocenters. The van der Waals surface area contributed by atoms with Gasteiger partial charge in [-0.25, -0.2) is 4.39 Å². The zero-order valence-corrected chi connectivity index (χ0v) is 10.9. The highest BCUT2D eigenvalue weighted by Gasteiger charge is 2.17. The molecule has 0 fully saturated rings. The summed E-state index contributed by atoms with van der Waals surface area (Å²) in [6, 6.07) is 4.51. The molecule has 20 heavy (non-hydrogen) atoms. The topological polar surface area (TPSA) is 83.8 Å². The molecule has 1 aromatic heterocycles. The number of halogens is 1.